The van der Waals surface area contributed by atoms with Crippen molar-refractivity contribution < 1.29 is 4.21 Å². The Morgan fingerprint density at radius 3 is 2.50 bits per heavy atom. The smallest absolute Gasteiger partial charge is 0.0793 e. The summed E-state index contributed by atoms with van der Waals surface area (Å²) in [6.07, 6.45) is 1.81. The maximum atomic E-state index is 11.8. The Hall–Kier alpha value is -1.09. The Balaban J connectivity index is 3.13. The van der Waals surface area contributed by atoms with E-state index >= 15 is 0 Å². The molecular formula is C11H15NOS. The van der Waals surface area contributed by atoms with Gasteiger partial charge in [-0.25, -0.2) is 4.21 Å². The van der Waals surface area contributed by atoms with Gasteiger partial charge in [0.05, 0.1) is 21.4 Å². The Bertz CT molecular complexity index is 358. The number of allylic oxidation sites excluding steroid dienone is 1. The van der Waals surface area contributed by atoms with Gasteiger partial charge < -0.3 is 4.90 Å². The highest BCUT2D eigenvalue weighted by atomic mass is 32.2. The Labute approximate surface area is 87.7 Å². The van der Waals surface area contributed by atoms with E-state index in [1.807, 2.05) is 56.3 Å². The summed E-state index contributed by atoms with van der Waals surface area (Å²) in [5.74, 6) is 0. The molecule has 0 aliphatic heterocycles. The van der Waals surface area contributed by atoms with E-state index in [-0.39, 0.29) is 0 Å². The largest absolute Gasteiger partial charge is 0.377 e. The molecule has 14 heavy (non-hydrogen) atoms. The Morgan fingerprint density at radius 2 is 1.93 bits per heavy atom. The van der Waals surface area contributed by atoms with Gasteiger partial charge in [-0.2, -0.15) is 0 Å². The van der Waals surface area contributed by atoms with Crippen LogP contribution in [0.2, 0.25) is 0 Å². The molecule has 2 nitrogen and oxygen atoms in total. The predicted octanol–water partition coefficient (Wildman–Crippen LogP) is 2.39. The molecule has 0 N–H and O–H groups in total. The molecule has 1 unspecified atom stereocenters. The van der Waals surface area contributed by atoms with Crippen LogP contribution in [0.25, 0.3) is 0 Å². The third-order valence-corrected chi connectivity index (χ3v) is 3.12. The first-order chi connectivity index (χ1) is 6.66. The SMILES string of the molecule is C/C=C\S(=O)c1ccccc1N(C)C. The molecule has 0 bridgehead atoms. The van der Waals surface area contributed by atoms with Crippen LogP contribution in [0, 0.1) is 0 Å². The molecule has 0 aliphatic carbocycles. The second-order valence-electron chi connectivity index (χ2n) is 3.13. The number of anilines is 1. The lowest BCUT2D eigenvalue weighted by Gasteiger charge is -2.15. The van der Waals surface area contributed by atoms with Gasteiger partial charge in [0.1, 0.15) is 0 Å². The van der Waals surface area contributed by atoms with Crippen LogP contribution in [-0.4, -0.2) is 18.3 Å². The Kier molecular flexibility index (Phi) is 3.89. The number of nitrogens with zero attached hydrogens (tertiary/aromatic N) is 1. The summed E-state index contributed by atoms with van der Waals surface area (Å²) < 4.78 is 11.8. The number of benzene rings is 1. The van der Waals surface area contributed by atoms with Crippen LogP contribution in [0.1, 0.15) is 6.92 Å². The molecule has 0 amide bonds. The molecular weight excluding hydrogens is 194 g/mol. The molecule has 0 aliphatic rings. The lowest BCUT2D eigenvalue weighted by molar-refractivity contribution is 0.688. The molecule has 0 fully saturated rings. The van der Waals surface area contributed by atoms with Crippen LogP contribution in [0.15, 0.2) is 40.6 Å². The zero-order valence-corrected chi connectivity index (χ0v) is 9.54. The van der Waals surface area contributed by atoms with Gasteiger partial charge >= 0.3 is 0 Å². The van der Waals surface area contributed by atoms with E-state index in [0.717, 1.165) is 10.6 Å². The number of hydrogen-bond donors (Lipinski definition) is 0. The third-order valence-electron chi connectivity index (χ3n) is 1.82. The fraction of sp³-hybridized carbons (Fsp3) is 0.273. The van der Waals surface area contributed by atoms with Gasteiger partial charge in [-0.3, -0.25) is 0 Å². The van der Waals surface area contributed by atoms with Crippen molar-refractivity contribution in [1.29, 1.82) is 0 Å². The molecule has 0 aromatic heterocycles. The summed E-state index contributed by atoms with van der Waals surface area (Å²) in [5, 5.41) is 1.70. The minimum Gasteiger partial charge on any atom is -0.377 e. The predicted molar refractivity (Wildman–Crippen MR) is 62.0 cm³/mol. The van der Waals surface area contributed by atoms with Crippen molar-refractivity contribution >= 4 is 16.5 Å². The lowest BCUT2D eigenvalue weighted by atomic mass is 10.3. The molecule has 1 atom stereocenters. The molecule has 1 aromatic carbocycles. The number of hydrogen-bond acceptors (Lipinski definition) is 2. The third kappa shape index (κ3) is 2.45. The minimum atomic E-state index is -1.04. The van der Waals surface area contributed by atoms with Crippen LogP contribution in [-0.2, 0) is 10.8 Å². The van der Waals surface area contributed by atoms with Gasteiger partial charge in [-0.15, -0.1) is 0 Å². The van der Waals surface area contributed by atoms with Gasteiger partial charge in [0.2, 0.25) is 0 Å². The molecule has 1 rings (SSSR count). The number of para-hydroxylation sites is 1. The number of rotatable bonds is 3. The average molecular weight is 209 g/mol. The van der Waals surface area contributed by atoms with Gasteiger partial charge in [-0.05, 0) is 19.1 Å². The van der Waals surface area contributed by atoms with E-state index in [2.05, 4.69) is 0 Å². The highest BCUT2D eigenvalue weighted by molar-refractivity contribution is 7.88. The van der Waals surface area contributed by atoms with Crippen LogP contribution in [0.4, 0.5) is 5.69 Å². The molecule has 0 radical (unpaired) electrons. The van der Waals surface area contributed by atoms with Crippen molar-refractivity contribution in [3.8, 4) is 0 Å². The zero-order chi connectivity index (χ0) is 10.6. The van der Waals surface area contributed by atoms with Crippen LogP contribution >= 0.6 is 0 Å². The molecule has 76 valence electrons. The van der Waals surface area contributed by atoms with Crippen molar-refractivity contribution in [3.63, 3.8) is 0 Å². The second kappa shape index (κ2) is 4.96. The first-order valence-electron chi connectivity index (χ1n) is 4.46. The Morgan fingerprint density at radius 1 is 1.29 bits per heavy atom. The lowest BCUT2D eigenvalue weighted by Crippen LogP contribution is -2.11. The maximum Gasteiger partial charge on any atom is 0.0793 e. The monoisotopic (exact) mass is 209 g/mol. The molecule has 0 saturated heterocycles. The molecule has 0 saturated carbocycles. The standard InChI is InChI=1S/C11H15NOS/c1-4-9-14(13)11-8-6-5-7-10(11)12(2)3/h4-9H,1-3H3/b9-4-. The normalized spacial score (nSPS) is 13.1. The summed E-state index contributed by atoms with van der Waals surface area (Å²) >= 11 is 0. The van der Waals surface area contributed by atoms with Crippen molar-refractivity contribution in [2.24, 2.45) is 0 Å². The maximum absolute atomic E-state index is 11.8. The highest BCUT2D eigenvalue weighted by Crippen LogP contribution is 2.21. The fourth-order valence-corrected chi connectivity index (χ4v) is 2.26. The van der Waals surface area contributed by atoms with E-state index < -0.39 is 10.8 Å². The van der Waals surface area contributed by atoms with E-state index in [1.54, 1.807) is 5.41 Å². The van der Waals surface area contributed by atoms with Crippen LogP contribution < -0.4 is 4.90 Å². The summed E-state index contributed by atoms with van der Waals surface area (Å²) in [4.78, 5) is 2.83. The first-order valence-corrected chi connectivity index (χ1v) is 5.68. The van der Waals surface area contributed by atoms with Crippen LogP contribution in [0.3, 0.4) is 0 Å². The van der Waals surface area contributed by atoms with E-state index in [0.29, 0.717) is 0 Å². The topological polar surface area (TPSA) is 20.3 Å². The van der Waals surface area contributed by atoms with Gasteiger partial charge in [0, 0.05) is 19.5 Å². The van der Waals surface area contributed by atoms with E-state index in [9.17, 15) is 4.21 Å². The molecule has 0 heterocycles. The fourth-order valence-electron chi connectivity index (χ4n) is 1.19. The first kappa shape index (κ1) is 11.0. The van der Waals surface area contributed by atoms with Gasteiger partial charge in [0.15, 0.2) is 0 Å². The van der Waals surface area contributed by atoms with E-state index in [1.165, 1.54) is 0 Å². The summed E-state index contributed by atoms with van der Waals surface area (Å²) in [7, 11) is 2.86. The average Bonchev–Trinajstić information content (AvgIpc) is 2.18. The zero-order valence-electron chi connectivity index (χ0n) is 8.73. The summed E-state index contributed by atoms with van der Waals surface area (Å²) in [6, 6.07) is 7.72. The van der Waals surface area contributed by atoms with Crippen LogP contribution in [0.5, 0.6) is 0 Å². The quantitative estimate of drug-likeness (QED) is 0.762. The van der Waals surface area contributed by atoms with Crippen molar-refractivity contribution in [1.82, 2.24) is 0 Å². The summed E-state index contributed by atoms with van der Waals surface area (Å²) in [5.41, 5.74) is 1.00. The molecule has 0 spiro atoms. The van der Waals surface area contributed by atoms with Gasteiger partial charge in [-0.1, -0.05) is 18.2 Å². The van der Waals surface area contributed by atoms with Crippen molar-refractivity contribution in [2.75, 3.05) is 19.0 Å². The highest BCUT2D eigenvalue weighted by Gasteiger charge is 2.07. The van der Waals surface area contributed by atoms with Gasteiger partial charge in [0.25, 0.3) is 0 Å². The molecule has 3 heteroatoms. The minimum absolute atomic E-state index is 0.857. The van der Waals surface area contributed by atoms with E-state index in [4.69, 9.17) is 0 Å². The van der Waals surface area contributed by atoms with Crippen molar-refractivity contribution in [2.45, 2.75) is 11.8 Å². The second-order valence-corrected chi connectivity index (χ2v) is 4.44. The van der Waals surface area contributed by atoms with Crippen molar-refractivity contribution in [3.05, 3.63) is 35.7 Å². The molecule has 1 aromatic rings. The summed E-state index contributed by atoms with van der Waals surface area (Å²) in [6.45, 7) is 1.87.